The number of thioether (sulfide) groups is 1. The van der Waals surface area contributed by atoms with Crippen LogP contribution in [0.1, 0.15) is 23.7 Å². The summed E-state index contributed by atoms with van der Waals surface area (Å²) in [5.74, 6) is -0.824. The molecule has 0 radical (unpaired) electrons. The summed E-state index contributed by atoms with van der Waals surface area (Å²) in [4.78, 5) is 31.3. The predicted molar refractivity (Wildman–Crippen MR) is 99.7 cm³/mol. The molecule has 3 rings (SSSR count). The Morgan fingerprint density at radius 3 is 2.38 bits per heavy atom. The zero-order valence-electron chi connectivity index (χ0n) is 14.5. The van der Waals surface area contributed by atoms with Gasteiger partial charge in [-0.2, -0.15) is 0 Å². The van der Waals surface area contributed by atoms with Gasteiger partial charge in [-0.3, -0.25) is 4.79 Å². The van der Waals surface area contributed by atoms with Gasteiger partial charge in [0.2, 0.25) is 0 Å². The lowest BCUT2D eigenvalue weighted by atomic mass is 10.2. The van der Waals surface area contributed by atoms with Crippen LogP contribution < -0.4 is 0 Å². The Kier molecular flexibility index (Phi) is 6.30. The number of hydrogen-bond acceptors (Lipinski definition) is 6. The van der Waals surface area contributed by atoms with Gasteiger partial charge in [-0.25, -0.2) is 4.79 Å². The van der Waals surface area contributed by atoms with E-state index in [1.807, 2.05) is 36.4 Å². The number of benzene rings is 2. The molecular weight excluding hydrogens is 350 g/mol. The summed E-state index contributed by atoms with van der Waals surface area (Å²) in [6, 6.07) is 18.2. The summed E-state index contributed by atoms with van der Waals surface area (Å²) < 4.78 is 5.16. The van der Waals surface area contributed by atoms with E-state index in [0.29, 0.717) is 25.1 Å². The Hall–Kier alpha value is -2.31. The Balaban J connectivity index is 1.70. The van der Waals surface area contributed by atoms with Crippen LogP contribution in [0.25, 0.3) is 0 Å². The molecule has 1 fully saturated rings. The van der Waals surface area contributed by atoms with Gasteiger partial charge in [-0.1, -0.05) is 36.4 Å². The molecule has 2 aromatic rings. The molecule has 1 saturated heterocycles. The maximum absolute atomic E-state index is 12.4. The van der Waals surface area contributed by atoms with Gasteiger partial charge in [-0.05, 0) is 37.6 Å². The summed E-state index contributed by atoms with van der Waals surface area (Å²) in [7, 11) is 0. The summed E-state index contributed by atoms with van der Waals surface area (Å²) in [5, 5.41) is 1.60. The second-order valence-electron chi connectivity index (χ2n) is 5.90. The van der Waals surface area contributed by atoms with E-state index in [0.717, 1.165) is 4.90 Å². The molecule has 1 heterocycles. The average molecular weight is 371 g/mol. The molecule has 26 heavy (non-hydrogen) atoms. The number of nitrogens with zero attached hydrogens (tertiary/aromatic N) is 1. The number of carbonyl (C=O) groups excluding carboxylic acids is 2. The van der Waals surface area contributed by atoms with Crippen LogP contribution >= 0.6 is 11.8 Å². The highest BCUT2D eigenvalue weighted by molar-refractivity contribution is 8.00. The van der Waals surface area contributed by atoms with Crippen LogP contribution in [0.15, 0.2) is 65.6 Å². The van der Waals surface area contributed by atoms with Crippen LogP contribution in [0.2, 0.25) is 0 Å². The minimum atomic E-state index is -0.580. The third-order valence-corrected chi connectivity index (χ3v) is 5.25. The van der Waals surface area contributed by atoms with Gasteiger partial charge in [0.1, 0.15) is 6.04 Å². The number of rotatable bonds is 6. The van der Waals surface area contributed by atoms with E-state index in [1.165, 1.54) is 5.06 Å². The predicted octanol–water partition coefficient (Wildman–Crippen LogP) is 3.56. The lowest BCUT2D eigenvalue weighted by molar-refractivity contribution is -0.168. The van der Waals surface area contributed by atoms with Crippen LogP contribution in [0, 0.1) is 0 Å². The summed E-state index contributed by atoms with van der Waals surface area (Å²) >= 11 is 1.68. The molecule has 5 nitrogen and oxygen atoms in total. The zero-order chi connectivity index (χ0) is 18.4. The van der Waals surface area contributed by atoms with Crippen molar-refractivity contribution in [2.24, 2.45) is 0 Å². The largest absolute Gasteiger partial charge is 0.465 e. The molecule has 2 aromatic carbocycles. The van der Waals surface area contributed by atoms with E-state index in [4.69, 9.17) is 9.57 Å². The third kappa shape index (κ3) is 4.65. The monoisotopic (exact) mass is 371 g/mol. The molecule has 0 aliphatic carbocycles. The molecule has 0 N–H and O–H groups in total. The normalized spacial score (nSPS) is 19.9. The molecule has 1 aliphatic rings. The van der Waals surface area contributed by atoms with E-state index < -0.39 is 12.0 Å². The maximum atomic E-state index is 12.4. The first-order chi connectivity index (χ1) is 12.7. The zero-order valence-corrected chi connectivity index (χ0v) is 15.4. The molecule has 2 atom stereocenters. The highest BCUT2D eigenvalue weighted by Crippen LogP contribution is 2.33. The van der Waals surface area contributed by atoms with E-state index in [-0.39, 0.29) is 11.2 Å². The molecule has 6 heteroatoms. The lowest BCUT2D eigenvalue weighted by Gasteiger charge is -2.21. The van der Waals surface area contributed by atoms with Gasteiger partial charge >= 0.3 is 11.9 Å². The van der Waals surface area contributed by atoms with Crippen molar-refractivity contribution in [1.29, 1.82) is 0 Å². The molecule has 0 bridgehead atoms. The van der Waals surface area contributed by atoms with Crippen LogP contribution in [0.5, 0.6) is 0 Å². The van der Waals surface area contributed by atoms with Gasteiger partial charge in [0.05, 0.1) is 12.2 Å². The van der Waals surface area contributed by atoms with Crippen molar-refractivity contribution in [1.82, 2.24) is 5.06 Å². The van der Waals surface area contributed by atoms with Crippen molar-refractivity contribution in [2.45, 2.75) is 29.5 Å². The first-order valence-corrected chi connectivity index (χ1v) is 9.47. The summed E-state index contributed by atoms with van der Waals surface area (Å²) in [6.45, 7) is 2.54. The first-order valence-electron chi connectivity index (χ1n) is 8.59. The Morgan fingerprint density at radius 2 is 1.73 bits per heavy atom. The lowest BCUT2D eigenvalue weighted by Crippen LogP contribution is -2.38. The van der Waals surface area contributed by atoms with Crippen LogP contribution in [0.3, 0.4) is 0 Å². The van der Waals surface area contributed by atoms with Gasteiger partial charge in [0, 0.05) is 16.7 Å². The van der Waals surface area contributed by atoms with Crippen molar-refractivity contribution < 1.29 is 19.2 Å². The van der Waals surface area contributed by atoms with Crippen molar-refractivity contribution in [3.63, 3.8) is 0 Å². The Morgan fingerprint density at radius 1 is 1.08 bits per heavy atom. The maximum Gasteiger partial charge on any atom is 0.357 e. The minimum Gasteiger partial charge on any atom is -0.465 e. The molecule has 0 aromatic heterocycles. The van der Waals surface area contributed by atoms with Gasteiger partial charge in [0.15, 0.2) is 0 Å². The Labute approximate surface area is 157 Å². The fourth-order valence-corrected chi connectivity index (χ4v) is 4.03. The van der Waals surface area contributed by atoms with Crippen molar-refractivity contribution in [2.75, 3.05) is 13.2 Å². The first kappa shape index (κ1) is 18.5. The molecule has 1 aliphatic heterocycles. The van der Waals surface area contributed by atoms with E-state index >= 15 is 0 Å². The summed E-state index contributed by atoms with van der Waals surface area (Å²) in [5.41, 5.74) is 0.453. The van der Waals surface area contributed by atoms with Crippen LogP contribution in [-0.2, 0) is 14.4 Å². The number of ether oxygens (including phenoxy) is 1. The average Bonchev–Trinajstić information content (AvgIpc) is 3.05. The number of hydroxylamine groups is 2. The number of esters is 1. The highest BCUT2D eigenvalue weighted by Gasteiger charge is 2.41. The second-order valence-corrected chi connectivity index (χ2v) is 7.27. The second kappa shape index (κ2) is 8.87. The van der Waals surface area contributed by atoms with Gasteiger partial charge in [-0.15, -0.1) is 16.8 Å². The quantitative estimate of drug-likeness (QED) is 0.724. The van der Waals surface area contributed by atoms with E-state index in [9.17, 15) is 9.59 Å². The molecule has 0 unspecified atom stereocenters. The number of carbonyl (C=O) groups is 2. The number of hydrogen-bond donors (Lipinski definition) is 0. The highest BCUT2D eigenvalue weighted by atomic mass is 32.2. The third-order valence-electron chi connectivity index (χ3n) is 4.03. The smallest absolute Gasteiger partial charge is 0.357 e. The molecule has 0 spiro atoms. The van der Waals surface area contributed by atoms with Crippen LogP contribution in [-0.4, -0.2) is 41.4 Å². The van der Waals surface area contributed by atoms with E-state index in [2.05, 4.69) is 0 Å². The summed E-state index contributed by atoms with van der Waals surface area (Å²) in [6.07, 6.45) is 0.570. The van der Waals surface area contributed by atoms with Gasteiger partial charge in [0.25, 0.3) is 0 Å². The van der Waals surface area contributed by atoms with E-state index in [1.54, 1.807) is 43.0 Å². The Bertz CT molecular complexity index is 738. The SMILES string of the molecule is CCOC(=O)[C@@H]1C[C@H](Sc2ccccc2)CN1OC(=O)c1ccccc1. The van der Waals surface area contributed by atoms with Crippen LogP contribution in [0.4, 0.5) is 0 Å². The fraction of sp³-hybridized carbons (Fsp3) is 0.300. The van der Waals surface area contributed by atoms with Crippen molar-refractivity contribution in [3.8, 4) is 0 Å². The molecular formula is C20H21NO4S. The standard InChI is InChI=1S/C20H21NO4S/c1-2-24-20(23)18-13-17(26-16-11-7-4-8-12-16)14-21(18)25-19(22)15-9-5-3-6-10-15/h3-12,17-18H,2,13-14H2,1H3/t17-,18-/m0/s1. The molecule has 0 amide bonds. The van der Waals surface area contributed by atoms with Crippen molar-refractivity contribution >= 4 is 23.7 Å². The minimum absolute atomic E-state index is 0.135. The molecule has 136 valence electrons. The topological polar surface area (TPSA) is 55.8 Å². The van der Waals surface area contributed by atoms with Crippen molar-refractivity contribution in [3.05, 3.63) is 66.2 Å². The fourth-order valence-electron chi connectivity index (χ4n) is 2.83. The molecule has 0 saturated carbocycles. The van der Waals surface area contributed by atoms with Gasteiger partial charge < -0.3 is 9.57 Å².